The lowest BCUT2D eigenvalue weighted by Crippen LogP contribution is -2.15. The Morgan fingerprint density at radius 2 is 1.65 bits per heavy atom. The van der Waals surface area contributed by atoms with Crippen molar-refractivity contribution in [3.8, 4) is 0 Å². The third kappa shape index (κ3) is 3.67. The SMILES string of the molecule is Nc1ccc(CS(=O)(=O)Nc2ccc(F)c(F)c2)cc1. The van der Waals surface area contributed by atoms with E-state index in [0.717, 1.165) is 18.2 Å². The van der Waals surface area contributed by atoms with Gasteiger partial charge in [0.1, 0.15) is 0 Å². The van der Waals surface area contributed by atoms with Crippen LogP contribution in [0.2, 0.25) is 0 Å². The molecule has 106 valence electrons. The first-order chi connectivity index (χ1) is 9.35. The Bertz CT molecular complexity index is 716. The van der Waals surface area contributed by atoms with E-state index in [1.807, 2.05) is 0 Å². The Labute approximate surface area is 115 Å². The molecule has 0 saturated heterocycles. The van der Waals surface area contributed by atoms with Gasteiger partial charge in [0.2, 0.25) is 10.0 Å². The van der Waals surface area contributed by atoms with Crippen LogP contribution in [0.25, 0.3) is 0 Å². The van der Waals surface area contributed by atoms with Crippen molar-refractivity contribution in [2.45, 2.75) is 5.75 Å². The Morgan fingerprint density at radius 3 is 2.25 bits per heavy atom. The predicted octanol–water partition coefficient (Wildman–Crippen LogP) is 2.49. The van der Waals surface area contributed by atoms with Crippen molar-refractivity contribution in [1.82, 2.24) is 0 Å². The standard InChI is InChI=1S/C13H12F2N2O2S/c14-12-6-5-11(7-13(12)15)17-20(18,19)8-9-1-3-10(16)4-2-9/h1-7,17H,8,16H2. The van der Waals surface area contributed by atoms with E-state index in [1.54, 1.807) is 24.3 Å². The zero-order chi connectivity index (χ0) is 14.8. The fourth-order valence-corrected chi connectivity index (χ4v) is 2.80. The Balaban J connectivity index is 2.14. The maximum Gasteiger partial charge on any atom is 0.236 e. The highest BCUT2D eigenvalue weighted by Gasteiger charge is 2.13. The number of halogens is 2. The zero-order valence-electron chi connectivity index (χ0n) is 10.3. The van der Waals surface area contributed by atoms with Crippen molar-refractivity contribution < 1.29 is 17.2 Å². The predicted molar refractivity (Wildman–Crippen MR) is 73.5 cm³/mol. The number of hydrogen-bond donors (Lipinski definition) is 2. The van der Waals surface area contributed by atoms with E-state index in [0.29, 0.717) is 11.3 Å². The quantitative estimate of drug-likeness (QED) is 0.852. The van der Waals surface area contributed by atoms with Crippen LogP contribution in [0, 0.1) is 11.6 Å². The van der Waals surface area contributed by atoms with Crippen LogP contribution >= 0.6 is 0 Å². The van der Waals surface area contributed by atoms with Crippen molar-refractivity contribution in [2.24, 2.45) is 0 Å². The molecule has 0 fully saturated rings. The molecular formula is C13H12F2N2O2S. The highest BCUT2D eigenvalue weighted by atomic mass is 32.2. The molecule has 7 heteroatoms. The monoisotopic (exact) mass is 298 g/mol. The molecule has 0 aliphatic rings. The number of hydrogen-bond acceptors (Lipinski definition) is 3. The van der Waals surface area contributed by atoms with Crippen molar-refractivity contribution >= 4 is 21.4 Å². The molecule has 20 heavy (non-hydrogen) atoms. The van der Waals surface area contributed by atoms with Gasteiger partial charge in [-0.1, -0.05) is 12.1 Å². The number of anilines is 2. The topological polar surface area (TPSA) is 72.2 Å². The lowest BCUT2D eigenvalue weighted by Gasteiger charge is -2.08. The average molecular weight is 298 g/mol. The summed E-state index contributed by atoms with van der Waals surface area (Å²) < 4.78 is 51.7. The first kappa shape index (κ1) is 14.3. The molecule has 0 spiro atoms. The third-order valence-electron chi connectivity index (χ3n) is 2.53. The normalized spacial score (nSPS) is 11.3. The van der Waals surface area contributed by atoms with Gasteiger partial charge < -0.3 is 5.73 Å². The van der Waals surface area contributed by atoms with Crippen molar-refractivity contribution in [2.75, 3.05) is 10.5 Å². The van der Waals surface area contributed by atoms with Gasteiger partial charge in [0.25, 0.3) is 0 Å². The number of benzene rings is 2. The Morgan fingerprint density at radius 1 is 1.00 bits per heavy atom. The van der Waals surface area contributed by atoms with Crippen molar-refractivity contribution in [3.05, 3.63) is 59.7 Å². The van der Waals surface area contributed by atoms with Gasteiger partial charge >= 0.3 is 0 Å². The van der Waals surface area contributed by atoms with Crippen LogP contribution < -0.4 is 10.5 Å². The number of rotatable bonds is 4. The van der Waals surface area contributed by atoms with Crippen molar-refractivity contribution in [1.29, 1.82) is 0 Å². The second-order valence-corrected chi connectivity index (χ2v) is 5.95. The number of nitrogens with two attached hydrogens (primary N) is 1. The fourth-order valence-electron chi connectivity index (χ4n) is 1.61. The molecule has 4 nitrogen and oxygen atoms in total. The highest BCUT2D eigenvalue weighted by molar-refractivity contribution is 7.91. The van der Waals surface area contributed by atoms with Crippen LogP contribution in [0.3, 0.4) is 0 Å². The van der Waals surface area contributed by atoms with Crippen LogP contribution in [0.5, 0.6) is 0 Å². The van der Waals surface area contributed by atoms with E-state index in [9.17, 15) is 17.2 Å². The summed E-state index contributed by atoms with van der Waals surface area (Å²) in [5, 5.41) is 0. The molecule has 3 N–H and O–H groups in total. The van der Waals surface area contributed by atoms with Crippen molar-refractivity contribution in [3.63, 3.8) is 0 Å². The molecule has 0 atom stereocenters. The van der Waals surface area contributed by atoms with Gasteiger partial charge in [0.05, 0.1) is 11.4 Å². The number of nitrogen functional groups attached to an aromatic ring is 1. The highest BCUT2D eigenvalue weighted by Crippen LogP contribution is 2.16. The smallest absolute Gasteiger partial charge is 0.236 e. The molecule has 0 unspecified atom stereocenters. The zero-order valence-corrected chi connectivity index (χ0v) is 11.1. The molecule has 0 aliphatic heterocycles. The molecule has 0 aromatic heterocycles. The Hall–Kier alpha value is -2.15. The largest absolute Gasteiger partial charge is 0.399 e. The van der Waals surface area contributed by atoms with Crippen LogP contribution in [-0.2, 0) is 15.8 Å². The van der Waals surface area contributed by atoms with E-state index < -0.39 is 21.7 Å². The van der Waals surface area contributed by atoms with Crippen LogP contribution in [-0.4, -0.2) is 8.42 Å². The summed E-state index contributed by atoms with van der Waals surface area (Å²) in [6.45, 7) is 0. The first-order valence-corrected chi connectivity index (χ1v) is 7.31. The number of sulfonamides is 1. The summed E-state index contributed by atoms with van der Waals surface area (Å²) in [7, 11) is -3.71. The van der Waals surface area contributed by atoms with E-state index in [4.69, 9.17) is 5.73 Å². The second kappa shape index (κ2) is 5.46. The summed E-state index contributed by atoms with van der Waals surface area (Å²) in [6.07, 6.45) is 0. The van der Waals surface area contributed by atoms with Crippen LogP contribution in [0.15, 0.2) is 42.5 Å². The van der Waals surface area contributed by atoms with Gasteiger partial charge in [-0.3, -0.25) is 4.72 Å². The molecule has 0 saturated carbocycles. The average Bonchev–Trinajstić information content (AvgIpc) is 2.36. The van der Waals surface area contributed by atoms with Crippen LogP contribution in [0.1, 0.15) is 5.56 Å². The first-order valence-electron chi connectivity index (χ1n) is 5.66. The maximum absolute atomic E-state index is 13.0. The minimum Gasteiger partial charge on any atom is -0.399 e. The molecule has 0 radical (unpaired) electrons. The van der Waals surface area contributed by atoms with Gasteiger partial charge in [-0.05, 0) is 29.8 Å². The summed E-state index contributed by atoms with van der Waals surface area (Å²) >= 11 is 0. The lowest BCUT2D eigenvalue weighted by molar-refractivity contribution is 0.509. The Kier molecular flexibility index (Phi) is 3.89. The minimum atomic E-state index is -3.71. The maximum atomic E-state index is 13.0. The molecule has 0 bridgehead atoms. The molecule has 0 aliphatic carbocycles. The van der Waals surface area contributed by atoms with Gasteiger partial charge in [0, 0.05) is 11.8 Å². The molecular weight excluding hydrogens is 286 g/mol. The van der Waals surface area contributed by atoms with Gasteiger partial charge in [-0.25, -0.2) is 17.2 Å². The summed E-state index contributed by atoms with van der Waals surface area (Å²) in [6, 6.07) is 9.13. The van der Waals surface area contributed by atoms with Gasteiger partial charge in [-0.15, -0.1) is 0 Å². The van der Waals surface area contributed by atoms with Crippen LogP contribution in [0.4, 0.5) is 20.2 Å². The van der Waals surface area contributed by atoms with Gasteiger partial charge in [0.15, 0.2) is 11.6 Å². The molecule has 0 heterocycles. The second-order valence-electron chi connectivity index (χ2n) is 4.23. The fraction of sp³-hybridized carbons (Fsp3) is 0.0769. The summed E-state index contributed by atoms with van der Waals surface area (Å²) in [4.78, 5) is 0. The minimum absolute atomic E-state index is 0.0284. The lowest BCUT2D eigenvalue weighted by atomic mass is 10.2. The molecule has 0 amide bonds. The van der Waals surface area contributed by atoms with E-state index in [2.05, 4.69) is 4.72 Å². The van der Waals surface area contributed by atoms with Gasteiger partial charge in [-0.2, -0.15) is 0 Å². The molecule has 2 aromatic carbocycles. The van der Waals surface area contributed by atoms with E-state index in [1.165, 1.54) is 0 Å². The summed E-state index contributed by atoms with van der Waals surface area (Å²) in [5.74, 6) is -2.43. The third-order valence-corrected chi connectivity index (χ3v) is 3.79. The number of nitrogens with one attached hydrogen (secondary N) is 1. The summed E-state index contributed by atoms with van der Waals surface area (Å²) in [5.41, 5.74) is 6.54. The molecule has 2 rings (SSSR count). The van der Waals surface area contributed by atoms with E-state index in [-0.39, 0.29) is 11.4 Å². The molecule has 2 aromatic rings. The van der Waals surface area contributed by atoms with E-state index >= 15 is 0 Å².